The minimum Gasteiger partial charge on any atom is -1.00 e. The lowest BCUT2D eigenvalue weighted by atomic mass is 10.1. The van der Waals surface area contributed by atoms with Gasteiger partial charge in [0.05, 0.1) is 12.5 Å². The minimum atomic E-state index is -0.672. The van der Waals surface area contributed by atoms with E-state index in [0.717, 1.165) is 5.75 Å². The second-order valence-electron chi connectivity index (χ2n) is 7.21. The summed E-state index contributed by atoms with van der Waals surface area (Å²) in [4.78, 5) is 24.0. The average Bonchev–Trinajstić information content (AvgIpc) is 2.18. The van der Waals surface area contributed by atoms with Crippen molar-refractivity contribution < 1.29 is 43.0 Å². The smallest absolute Gasteiger partial charge is 0.408 e. The lowest BCUT2D eigenvalue weighted by Crippen LogP contribution is -3.00. The van der Waals surface area contributed by atoms with Crippen molar-refractivity contribution in [3.8, 4) is 0 Å². The fourth-order valence-electron chi connectivity index (χ4n) is 1.43. The van der Waals surface area contributed by atoms with E-state index in [9.17, 15) is 9.59 Å². The van der Waals surface area contributed by atoms with Crippen LogP contribution in [0.1, 0.15) is 48.0 Å². The summed E-state index contributed by atoms with van der Waals surface area (Å²) in [5, 5.41) is 2.62. The summed E-state index contributed by atoms with van der Waals surface area (Å²) >= 11 is 0. The van der Waals surface area contributed by atoms with E-state index in [1.807, 2.05) is 0 Å². The van der Waals surface area contributed by atoms with Gasteiger partial charge in [-0.2, -0.15) is 0 Å². The fraction of sp³-hybridized carbons (Fsp3) is 0.867. The van der Waals surface area contributed by atoms with Crippen molar-refractivity contribution in [2.45, 2.75) is 65.2 Å². The first-order chi connectivity index (χ1) is 9.30. The van der Waals surface area contributed by atoms with Gasteiger partial charge in [-0.15, -0.1) is 0 Å². The molecule has 0 aliphatic rings. The Labute approximate surface area is 154 Å². The Morgan fingerprint density at radius 2 is 1.45 bits per heavy atom. The van der Waals surface area contributed by atoms with Crippen molar-refractivity contribution in [3.05, 3.63) is 0 Å². The summed E-state index contributed by atoms with van der Waals surface area (Å²) in [7, 11) is 0.190. The van der Waals surface area contributed by atoms with Gasteiger partial charge in [0, 0.05) is 6.42 Å². The lowest BCUT2D eigenvalue weighted by molar-refractivity contribution is -0.157. The quantitative estimate of drug-likeness (QED) is 0.351. The van der Waals surface area contributed by atoms with E-state index in [-0.39, 0.29) is 34.9 Å². The van der Waals surface area contributed by atoms with Gasteiger partial charge in [0.2, 0.25) is 0 Å². The summed E-state index contributed by atoms with van der Waals surface area (Å²) in [6.07, 6.45) is 4.15. The van der Waals surface area contributed by atoms with Gasteiger partial charge in [0.25, 0.3) is 0 Å². The van der Waals surface area contributed by atoms with Gasteiger partial charge < -0.3 is 38.8 Å². The SMILES string of the molecule is C[S+](C)CCC(NC(=O)OC(C)(C)C)C(=O)OC(C)(C)C.[I-]. The van der Waals surface area contributed by atoms with Crippen molar-refractivity contribution in [3.63, 3.8) is 0 Å². The maximum atomic E-state index is 12.2. The van der Waals surface area contributed by atoms with Crippen LogP contribution in [0.25, 0.3) is 0 Å². The van der Waals surface area contributed by atoms with Gasteiger partial charge in [0.15, 0.2) is 0 Å². The molecular weight excluding hydrogens is 417 g/mol. The van der Waals surface area contributed by atoms with Crippen LogP contribution in [0, 0.1) is 0 Å². The molecule has 1 N–H and O–H groups in total. The van der Waals surface area contributed by atoms with Crippen molar-refractivity contribution in [2.75, 3.05) is 18.3 Å². The predicted molar refractivity (Wildman–Crippen MR) is 87.7 cm³/mol. The Morgan fingerprint density at radius 1 is 1.00 bits per heavy atom. The van der Waals surface area contributed by atoms with Crippen molar-refractivity contribution in [1.29, 1.82) is 0 Å². The molecule has 0 radical (unpaired) electrons. The van der Waals surface area contributed by atoms with Gasteiger partial charge in [-0.3, -0.25) is 0 Å². The summed E-state index contributed by atoms with van der Waals surface area (Å²) in [5.41, 5.74) is -1.17. The highest BCUT2D eigenvalue weighted by molar-refractivity contribution is 7.95. The molecule has 0 aromatic rings. The summed E-state index contributed by atoms with van der Waals surface area (Å²) in [5.74, 6) is 0.429. The first kappa shape index (κ1) is 24.1. The molecule has 0 aliphatic heterocycles. The molecule has 0 aromatic carbocycles. The number of nitrogens with one attached hydrogen (secondary N) is 1. The molecule has 132 valence electrons. The van der Waals surface area contributed by atoms with Crippen LogP contribution < -0.4 is 29.3 Å². The summed E-state index contributed by atoms with van der Waals surface area (Å²) in [6, 6.07) is -0.672. The van der Waals surface area contributed by atoms with Crippen LogP contribution in [-0.4, -0.2) is 47.6 Å². The van der Waals surface area contributed by atoms with E-state index in [0.29, 0.717) is 6.42 Å². The molecule has 7 heteroatoms. The van der Waals surface area contributed by atoms with E-state index in [1.165, 1.54) is 0 Å². The summed E-state index contributed by atoms with van der Waals surface area (Å²) in [6.45, 7) is 10.8. The third-order valence-electron chi connectivity index (χ3n) is 2.20. The van der Waals surface area contributed by atoms with Crippen LogP contribution in [0.4, 0.5) is 4.79 Å². The van der Waals surface area contributed by atoms with E-state index >= 15 is 0 Å². The van der Waals surface area contributed by atoms with Crippen molar-refractivity contribution in [1.82, 2.24) is 5.32 Å². The zero-order valence-corrected chi connectivity index (χ0v) is 17.9. The van der Waals surface area contributed by atoms with Crippen molar-refractivity contribution in [2.24, 2.45) is 0 Å². The van der Waals surface area contributed by atoms with E-state index in [2.05, 4.69) is 17.8 Å². The topological polar surface area (TPSA) is 64.6 Å². The third-order valence-corrected chi connectivity index (χ3v) is 3.25. The van der Waals surface area contributed by atoms with E-state index < -0.39 is 29.3 Å². The number of rotatable bonds is 5. The van der Waals surface area contributed by atoms with Gasteiger partial charge in [-0.1, -0.05) is 0 Å². The van der Waals surface area contributed by atoms with Crippen LogP contribution in [0.5, 0.6) is 0 Å². The molecule has 0 spiro atoms. The number of esters is 1. The number of carbonyl (C=O) groups excluding carboxylic acids is 2. The highest BCUT2D eigenvalue weighted by atomic mass is 127. The molecular formula is C15H30INO4S. The number of amides is 1. The molecule has 5 nitrogen and oxygen atoms in total. The molecule has 1 atom stereocenters. The Bertz CT molecular complexity index is 362. The molecule has 0 saturated carbocycles. The Kier molecular flexibility index (Phi) is 10.8. The average molecular weight is 447 g/mol. The monoisotopic (exact) mass is 447 g/mol. The predicted octanol–water partition coefficient (Wildman–Crippen LogP) is -0.507. The Hall–Kier alpha value is -0.180. The van der Waals surface area contributed by atoms with Crippen molar-refractivity contribution >= 4 is 23.0 Å². The van der Waals surface area contributed by atoms with Crippen LogP contribution in [0.3, 0.4) is 0 Å². The number of ether oxygens (including phenoxy) is 2. The second-order valence-corrected chi connectivity index (χ2v) is 9.59. The maximum absolute atomic E-state index is 12.2. The molecule has 0 saturated heterocycles. The number of hydrogen-bond acceptors (Lipinski definition) is 4. The first-order valence-corrected chi connectivity index (χ1v) is 9.28. The highest BCUT2D eigenvalue weighted by Gasteiger charge is 2.29. The Morgan fingerprint density at radius 3 is 1.82 bits per heavy atom. The molecule has 0 rings (SSSR count). The van der Waals surface area contributed by atoms with Gasteiger partial charge >= 0.3 is 12.1 Å². The van der Waals surface area contributed by atoms with Crippen LogP contribution in [0.15, 0.2) is 0 Å². The molecule has 22 heavy (non-hydrogen) atoms. The number of carbonyl (C=O) groups is 2. The summed E-state index contributed by atoms with van der Waals surface area (Å²) < 4.78 is 10.6. The minimum absolute atomic E-state index is 0. The molecule has 1 amide bonds. The Balaban J connectivity index is 0. The normalized spacial score (nSPS) is 13.1. The van der Waals surface area contributed by atoms with Crippen LogP contribution >= 0.6 is 0 Å². The van der Waals surface area contributed by atoms with E-state index in [1.54, 1.807) is 41.5 Å². The first-order valence-electron chi connectivity index (χ1n) is 7.07. The zero-order chi connectivity index (χ0) is 16.8. The second kappa shape index (κ2) is 9.85. The molecule has 1 unspecified atom stereocenters. The molecule has 0 aliphatic carbocycles. The standard InChI is InChI=1S/C15H29NO4S.HI/c1-14(2,3)19-12(17)11(9-10-21(7)8)16-13(18)20-15(4,5)6;/h11H,9-10H2,1-8H3;1H. The molecule has 0 bridgehead atoms. The number of hydrogen-bond donors (Lipinski definition) is 1. The van der Waals surface area contributed by atoms with Gasteiger partial charge in [-0.25, -0.2) is 9.59 Å². The van der Waals surface area contributed by atoms with Gasteiger partial charge in [-0.05, 0) is 52.4 Å². The zero-order valence-electron chi connectivity index (χ0n) is 14.9. The number of alkyl carbamates (subject to hydrolysis) is 1. The molecule has 0 aromatic heterocycles. The van der Waals surface area contributed by atoms with Gasteiger partial charge in [0.1, 0.15) is 23.0 Å². The third kappa shape index (κ3) is 13.5. The lowest BCUT2D eigenvalue weighted by Gasteiger charge is -2.26. The molecule has 0 fully saturated rings. The maximum Gasteiger partial charge on any atom is 0.408 e. The molecule has 0 heterocycles. The largest absolute Gasteiger partial charge is 1.00 e. The number of halogens is 1. The van der Waals surface area contributed by atoms with Crippen LogP contribution in [0.2, 0.25) is 0 Å². The van der Waals surface area contributed by atoms with E-state index in [4.69, 9.17) is 9.47 Å². The van der Waals surface area contributed by atoms with Crippen LogP contribution in [-0.2, 0) is 25.2 Å². The highest BCUT2D eigenvalue weighted by Crippen LogP contribution is 2.12. The fourth-order valence-corrected chi connectivity index (χ4v) is 2.13.